The molecule has 2 aromatic carbocycles. The number of hydrogen-bond acceptors (Lipinski definition) is 0. The third-order valence-electron chi connectivity index (χ3n) is 6.61. The van der Waals surface area contributed by atoms with Crippen molar-refractivity contribution in [3.8, 4) is 0 Å². The van der Waals surface area contributed by atoms with Crippen LogP contribution in [0.1, 0.15) is 38.8 Å². The molecule has 2 aromatic rings. The van der Waals surface area contributed by atoms with Gasteiger partial charge >= 0.3 is 166 Å². The van der Waals surface area contributed by atoms with E-state index in [0.29, 0.717) is 0 Å². The molecule has 0 radical (unpaired) electrons. The van der Waals surface area contributed by atoms with Crippen molar-refractivity contribution >= 4 is 35.3 Å². The molecule has 0 spiro atoms. The molecule has 136 valence electrons. The summed E-state index contributed by atoms with van der Waals surface area (Å²) in [6.45, 7) is 9.77. The topological polar surface area (TPSA) is 0 Å². The molecule has 0 amide bonds. The standard InChI is InChI=1S/C24H32Ge2/c1-5-25(6-2)19-24(22-17-13-10-14-18-22)26(7-3,8-4)20-23(25)21-15-11-9-12-16-21/h9-20H,5-8H2,1-4H3. The summed E-state index contributed by atoms with van der Waals surface area (Å²) in [4.78, 5) is 5.79. The van der Waals surface area contributed by atoms with E-state index in [2.05, 4.69) is 98.2 Å². The summed E-state index contributed by atoms with van der Waals surface area (Å²) >= 11 is -4.49. The van der Waals surface area contributed by atoms with Crippen molar-refractivity contribution in [1.82, 2.24) is 0 Å². The molecule has 0 aromatic heterocycles. The van der Waals surface area contributed by atoms with Crippen molar-refractivity contribution in [3.05, 3.63) is 81.6 Å². The summed E-state index contributed by atoms with van der Waals surface area (Å²) in [5, 5.41) is 5.39. The molecular formula is C24H32Ge2. The van der Waals surface area contributed by atoms with Crippen LogP contribution in [0.2, 0.25) is 21.0 Å². The summed E-state index contributed by atoms with van der Waals surface area (Å²) in [5.74, 6) is 0. The zero-order chi connectivity index (χ0) is 18.6. The quantitative estimate of drug-likeness (QED) is 0.393. The van der Waals surface area contributed by atoms with Gasteiger partial charge in [0.2, 0.25) is 0 Å². The molecule has 0 nitrogen and oxygen atoms in total. The van der Waals surface area contributed by atoms with E-state index in [0.717, 1.165) is 0 Å². The molecule has 0 bridgehead atoms. The first kappa shape index (κ1) is 19.8. The predicted octanol–water partition coefficient (Wildman–Crippen LogP) is 7.30. The van der Waals surface area contributed by atoms with Crippen LogP contribution >= 0.6 is 0 Å². The first-order valence-electron chi connectivity index (χ1n) is 10.2. The van der Waals surface area contributed by atoms with Crippen LogP contribution in [0.15, 0.2) is 70.5 Å². The van der Waals surface area contributed by atoms with Crippen LogP contribution in [0.4, 0.5) is 0 Å². The number of rotatable bonds is 6. The van der Waals surface area contributed by atoms with Crippen molar-refractivity contribution < 1.29 is 0 Å². The molecule has 0 saturated carbocycles. The van der Waals surface area contributed by atoms with Crippen LogP contribution in [-0.4, -0.2) is 26.5 Å². The molecule has 1 heterocycles. The molecule has 0 fully saturated rings. The predicted molar refractivity (Wildman–Crippen MR) is 122 cm³/mol. The second kappa shape index (κ2) is 8.35. The van der Waals surface area contributed by atoms with Crippen LogP contribution in [0, 0.1) is 0 Å². The molecule has 1 aliphatic heterocycles. The molecular weight excluding hydrogens is 433 g/mol. The average molecular weight is 466 g/mol. The normalized spacial score (nSPS) is 18.2. The molecule has 0 saturated heterocycles. The van der Waals surface area contributed by atoms with Crippen LogP contribution in [0.3, 0.4) is 0 Å². The summed E-state index contributed by atoms with van der Waals surface area (Å²) in [6.07, 6.45) is 0. The average Bonchev–Trinajstić information content (AvgIpc) is 2.74. The van der Waals surface area contributed by atoms with E-state index in [1.807, 2.05) is 0 Å². The van der Waals surface area contributed by atoms with Gasteiger partial charge in [-0.3, -0.25) is 0 Å². The summed E-state index contributed by atoms with van der Waals surface area (Å²) in [5.41, 5.74) is 3.02. The van der Waals surface area contributed by atoms with Crippen molar-refractivity contribution in [2.75, 3.05) is 0 Å². The fraction of sp³-hybridized carbons (Fsp3) is 0.333. The molecule has 2 heteroatoms. The Morgan fingerprint density at radius 3 is 1.08 bits per heavy atom. The van der Waals surface area contributed by atoms with E-state index in [1.54, 1.807) is 8.81 Å². The summed E-state index contributed by atoms with van der Waals surface area (Å²) in [7, 11) is 0. The van der Waals surface area contributed by atoms with E-state index in [1.165, 1.54) is 32.1 Å². The molecule has 0 atom stereocenters. The Kier molecular flexibility index (Phi) is 6.35. The van der Waals surface area contributed by atoms with Crippen LogP contribution in [0.25, 0.3) is 8.81 Å². The maximum atomic E-state index is 2.89. The Labute approximate surface area is 165 Å². The third-order valence-corrected chi connectivity index (χ3v) is 29.6. The summed E-state index contributed by atoms with van der Waals surface area (Å²) in [6, 6.07) is 22.6. The second-order valence-electron chi connectivity index (χ2n) is 7.57. The Bertz CT molecular complexity index is 710. The minimum absolute atomic E-state index is 1.35. The van der Waals surface area contributed by atoms with Gasteiger partial charge in [-0.05, 0) is 0 Å². The van der Waals surface area contributed by atoms with E-state index in [9.17, 15) is 0 Å². The van der Waals surface area contributed by atoms with Crippen molar-refractivity contribution in [3.63, 3.8) is 0 Å². The van der Waals surface area contributed by atoms with Gasteiger partial charge in [0.1, 0.15) is 0 Å². The third kappa shape index (κ3) is 3.43. The summed E-state index contributed by atoms with van der Waals surface area (Å²) < 4.78 is 3.58. The SMILES string of the molecule is C[CH2][Ge]1([CH2]C)[CH]=[C](c2ccccc2)[Ge]([CH2]C)([CH2]C)[CH]=[C]1c1ccccc1. The second-order valence-corrected chi connectivity index (χ2v) is 26.7. The van der Waals surface area contributed by atoms with E-state index >= 15 is 0 Å². The molecule has 3 rings (SSSR count). The van der Waals surface area contributed by atoms with E-state index in [-0.39, 0.29) is 0 Å². The van der Waals surface area contributed by atoms with Crippen molar-refractivity contribution in [2.45, 2.75) is 48.7 Å². The van der Waals surface area contributed by atoms with Gasteiger partial charge in [0.25, 0.3) is 0 Å². The van der Waals surface area contributed by atoms with Gasteiger partial charge in [-0.25, -0.2) is 0 Å². The zero-order valence-electron chi connectivity index (χ0n) is 16.8. The molecule has 0 N–H and O–H groups in total. The molecule has 0 unspecified atom stereocenters. The van der Waals surface area contributed by atoms with Gasteiger partial charge in [0.15, 0.2) is 0 Å². The first-order valence-corrected chi connectivity index (χ1v) is 20.7. The van der Waals surface area contributed by atoms with Crippen molar-refractivity contribution in [1.29, 1.82) is 0 Å². The van der Waals surface area contributed by atoms with Gasteiger partial charge in [-0.1, -0.05) is 0 Å². The number of benzene rings is 2. The molecule has 0 aliphatic carbocycles. The van der Waals surface area contributed by atoms with Crippen LogP contribution in [-0.2, 0) is 0 Å². The van der Waals surface area contributed by atoms with Crippen LogP contribution in [0.5, 0.6) is 0 Å². The first-order chi connectivity index (χ1) is 12.6. The van der Waals surface area contributed by atoms with Gasteiger partial charge in [-0.15, -0.1) is 0 Å². The Morgan fingerprint density at radius 2 is 0.808 bits per heavy atom. The van der Waals surface area contributed by atoms with Gasteiger partial charge in [0.05, 0.1) is 0 Å². The van der Waals surface area contributed by atoms with Crippen LogP contribution < -0.4 is 0 Å². The fourth-order valence-corrected chi connectivity index (χ4v) is 31.9. The number of hydrogen-bond donors (Lipinski definition) is 0. The van der Waals surface area contributed by atoms with Crippen molar-refractivity contribution in [2.24, 2.45) is 0 Å². The molecule has 26 heavy (non-hydrogen) atoms. The van der Waals surface area contributed by atoms with E-state index < -0.39 is 26.5 Å². The molecule has 1 aliphatic rings. The Hall–Kier alpha value is -0.994. The zero-order valence-corrected chi connectivity index (χ0v) is 21.0. The monoisotopic (exact) mass is 468 g/mol. The fourth-order valence-electron chi connectivity index (χ4n) is 4.64. The van der Waals surface area contributed by atoms with Gasteiger partial charge < -0.3 is 0 Å². The Balaban J connectivity index is 2.26. The minimum atomic E-state index is -2.25. The Morgan fingerprint density at radius 1 is 0.500 bits per heavy atom. The van der Waals surface area contributed by atoms with E-state index in [4.69, 9.17) is 0 Å². The maximum absolute atomic E-state index is 2.89. The van der Waals surface area contributed by atoms with Gasteiger partial charge in [-0.2, -0.15) is 0 Å². The van der Waals surface area contributed by atoms with Gasteiger partial charge in [0, 0.05) is 0 Å².